The molecule has 0 spiro atoms. The van der Waals surface area contributed by atoms with Crippen molar-refractivity contribution in [2.45, 2.75) is 77.9 Å². The zero-order chi connectivity index (χ0) is 27.2. The van der Waals surface area contributed by atoms with Gasteiger partial charge in [-0.05, 0) is 63.3 Å². The third kappa shape index (κ3) is 8.20. The average Bonchev–Trinajstić information content (AvgIpc) is 3.35. The number of hydrogen-bond acceptors (Lipinski definition) is 4. The summed E-state index contributed by atoms with van der Waals surface area (Å²) in [5.74, 6) is -0.342. The third-order valence-corrected chi connectivity index (χ3v) is 8.35. The number of carbonyl (C=O) groups is 2. The number of nitrogens with one attached hydrogen (secondary N) is 1. The first kappa shape index (κ1) is 29.0. The van der Waals surface area contributed by atoms with E-state index in [1.165, 1.54) is 4.31 Å². The maximum Gasteiger partial charge on any atom is 0.242 e. The Labute approximate surface area is 226 Å². The molecule has 0 radical (unpaired) electrons. The summed E-state index contributed by atoms with van der Waals surface area (Å²) in [6.07, 6.45) is 5.71. The van der Waals surface area contributed by atoms with E-state index in [-0.39, 0.29) is 30.8 Å². The van der Waals surface area contributed by atoms with Gasteiger partial charge in [0, 0.05) is 30.6 Å². The van der Waals surface area contributed by atoms with Gasteiger partial charge < -0.3 is 10.2 Å². The number of halogens is 1. The summed E-state index contributed by atoms with van der Waals surface area (Å²) >= 11 is 6.13. The van der Waals surface area contributed by atoms with Crippen LogP contribution in [0.25, 0.3) is 0 Å². The number of benzene rings is 2. The minimum atomic E-state index is -3.59. The minimum absolute atomic E-state index is 0.110. The molecule has 1 aliphatic carbocycles. The van der Waals surface area contributed by atoms with E-state index in [4.69, 9.17) is 11.6 Å². The second-order valence-corrected chi connectivity index (χ2v) is 12.4. The maximum absolute atomic E-state index is 13.4. The van der Waals surface area contributed by atoms with Gasteiger partial charge in [0.15, 0.2) is 0 Å². The molecule has 0 aromatic heterocycles. The predicted molar refractivity (Wildman–Crippen MR) is 149 cm³/mol. The third-order valence-electron chi connectivity index (χ3n) is 6.93. The minimum Gasteiger partial charge on any atom is -0.352 e. The Kier molecular flexibility index (Phi) is 10.0. The van der Waals surface area contributed by atoms with Gasteiger partial charge >= 0.3 is 0 Å². The van der Waals surface area contributed by atoms with Crippen molar-refractivity contribution in [2.75, 3.05) is 17.1 Å². The van der Waals surface area contributed by atoms with Crippen LogP contribution >= 0.6 is 11.6 Å². The van der Waals surface area contributed by atoms with Crippen LogP contribution in [0.15, 0.2) is 42.5 Å². The number of carbonyl (C=O) groups excluding carboxylic acids is 2. The van der Waals surface area contributed by atoms with E-state index in [2.05, 4.69) is 5.32 Å². The van der Waals surface area contributed by atoms with Crippen LogP contribution in [0, 0.1) is 13.8 Å². The summed E-state index contributed by atoms with van der Waals surface area (Å²) in [4.78, 5) is 28.1. The number of hydrogen-bond donors (Lipinski definition) is 1. The lowest BCUT2D eigenvalue weighted by Gasteiger charge is -2.30. The van der Waals surface area contributed by atoms with Crippen molar-refractivity contribution in [2.24, 2.45) is 0 Å². The highest BCUT2D eigenvalue weighted by atomic mass is 35.5. The van der Waals surface area contributed by atoms with Gasteiger partial charge in [-0.3, -0.25) is 13.9 Å². The highest BCUT2D eigenvalue weighted by molar-refractivity contribution is 7.92. The summed E-state index contributed by atoms with van der Waals surface area (Å²) in [6.45, 7) is 6.02. The molecule has 2 aromatic carbocycles. The SMILES string of the molecule is Cc1ccc(CN(C(=O)CCCN(c2cc(Cl)ccc2C)S(C)(=O)=O)[C@@H](C)C(=O)NC2CCCC2)cc1. The summed E-state index contributed by atoms with van der Waals surface area (Å²) in [5, 5.41) is 3.54. The molecule has 0 bridgehead atoms. The van der Waals surface area contributed by atoms with Crippen molar-refractivity contribution in [1.29, 1.82) is 0 Å². The zero-order valence-corrected chi connectivity index (χ0v) is 23.7. The summed E-state index contributed by atoms with van der Waals surface area (Å²) in [7, 11) is -3.59. The van der Waals surface area contributed by atoms with E-state index in [1.807, 2.05) is 38.1 Å². The van der Waals surface area contributed by atoms with Crippen LogP contribution in [0.3, 0.4) is 0 Å². The number of anilines is 1. The molecule has 1 saturated carbocycles. The lowest BCUT2D eigenvalue weighted by atomic mass is 10.1. The van der Waals surface area contributed by atoms with Gasteiger partial charge in [-0.15, -0.1) is 0 Å². The topological polar surface area (TPSA) is 86.8 Å². The molecule has 3 rings (SSSR count). The molecule has 1 N–H and O–H groups in total. The van der Waals surface area contributed by atoms with E-state index in [1.54, 1.807) is 30.0 Å². The molecule has 1 atom stereocenters. The van der Waals surface area contributed by atoms with Gasteiger partial charge in [0.1, 0.15) is 6.04 Å². The Bertz CT molecular complexity index is 1190. The van der Waals surface area contributed by atoms with Gasteiger partial charge in [-0.1, -0.05) is 60.3 Å². The van der Waals surface area contributed by atoms with Crippen molar-refractivity contribution < 1.29 is 18.0 Å². The highest BCUT2D eigenvalue weighted by Crippen LogP contribution is 2.27. The fourth-order valence-corrected chi connectivity index (χ4v) is 5.88. The van der Waals surface area contributed by atoms with Crippen molar-refractivity contribution in [3.05, 3.63) is 64.2 Å². The van der Waals surface area contributed by atoms with E-state index in [0.717, 1.165) is 48.6 Å². The van der Waals surface area contributed by atoms with E-state index in [0.29, 0.717) is 23.7 Å². The summed E-state index contributed by atoms with van der Waals surface area (Å²) < 4.78 is 26.4. The zero-order valence-electron chi connectivity index (χ0n) is 22.2. The number of amides is 2. The monoisotopic (exact) mass is 547 g/mol. The maximum atomic E-state index is 13.4. The van der Waals surface area contributed by atoms with Gasteiger partial charge in [0.25, 0.3) is 0 Å². The molecule has 0 aliphatic heterocycles. The molecule has 9 heteroatoms. The van der Waals surface area contributed by atoms with Crippen LogP contribution in [-0.4, -0.2) is 50.0 Å². The normalized spacial score (nSPS) is 14.8. The van der Waals surface area contributed by atoms with E-state index in [9.17, 15) is 18.0 Å². The molecule has 202 valence electrons. The second-order valence-electron chi connectivity index (χ2n) is 10.0. The van der Waals surface area contributed by atoms with Crippen LogP contribution in [0.2, 0.25) is 5.02 Å². The average molecular weight is 548 g/mol. The number of nitrogens with zero attached hydrogens (tertiary/aromatic N) is 2. The summed E-state index contributed by atoms with van der Waals surface area (Å²) in [5.41, 5.74) is 3.33. The lowest BCUT2D eigenvalue weighted by Crippen LogP contribution is -2.49. The molecule has 1 aliphatic rings. The molecular weight excluding hydrogens is 510 g/mol. The quantitative estimate of drug-likeness (QED) is 0.430. The molecule has 1 fully saturated rings. The van der Waals surface area contributed by atoms with Crippen LogP contribution in [-0.2, 0) is 26.2 Å². The van der Waals surface area contributed by atoms with Gasteiger partial charge in [-0.2, -0.15) is 0 Å². The Morgan fingerprint density at radius 2 is 1.73 bits per heavy atom. The Hall–Kier alpha value is -2.58. The second kappa shape index (κ2) is 12.8. The molecule has 37 heavy (non-hydrogen) atoms. The van der Waals surface area contributed by atoms with Gasteiger partial charge in [0.2, 0.25) is 21.8 Å². The molecule has 2 amide bonds. The van der Waals surface area contributed by atoms with Gasteiger partial charge in [0.05, 0.1) is 11.9 Å². The van der Waals surface area contributed by atoms with Crippen molar-refractivity contribution in [1.82, 2.24) is 10.2 Å². The molecule has 2 aromatic rings. The highest BCUT2D eigenvalue weighted by Gasteiger charge is 2.29. The Balaban J connectivity index is 1.73. The largest absolute Gasteiger partial charge is 0.352 e. The van der Waals surface area contributed by atoms with Crippen molar-refractivity contribution >= 4 is 39.1 Å². The van der Waals surface area contributed by atoms with Crippen LogP contribution in [0.5, 0.6) is 0 Å². The first-order valence-corrected chi connectivity index (χ1v) is 15.1. The number of rotatable bonds is 11. The first-order valence-electron chi connectivity index (χ1n) is 12.8. The standard InChI is InChI=1S/C28H38ClN3O4S/c1-20-11-14-23(15-12-20)19-31(22(3)28(34)30-25-8-5-6-9-25)27(33)10-7-17-32(37(4,35)36)26-18-24(29)16-13-21(26)2/h11-16,18,22,25H,5-10,17,19H2,1-4H3,(H,30,34)/t22-/m0/s1. The molecule has 7 nitrogen and oxygen atoms in total. The van der Waals surface area contributed by atoms with Crippen molar-refractivity contribution in [3.63, 3.8) is 0 Å². The number of aryl methyl sites for hydroxylation is 2. The smallest absolute Gasteiger partial charge is 0.242 e. The Morgan fingerprint density at radius 3 is 2.35 bits per heavy atom. The van der Waals surface area contributed by atoms with Crippen LogP contribution in [0.4, 0.5) is 5.69 Å². The molecular formula is C28H38ClN3O4S. The van der Waals surface area contributed by atoms with Crippen LogP contribution in [0.1, 0.15) is 62.1 Å². The lowest BCUT2D eigenvalue weighted by molar-refractivity contribution is -0.141. The molecule has 0 heterocycles. The van der Waals surface area contributed by atoms with Gasteiger partial charge in [-0.25, -0.2) is 8.42 Å². The fraction of sp³-hybridized carbons (Fsp3) is 0.500. The van der Waals surface area contributed by atoms with E-state index >= 15 is 0 Å². The fourth-order valence-electron chi connectivity index (χ4n) is 4.70. The first-order chi connectivity index (χ1) is 17.5. The molecule has 0 unspecified atom stereocenters. The van der Waals surface area contributed by atoms with Crippen molar-refractivity contribution in [3.8, 4) is 0 Å². The Morgan fingerprint density at radius 1 is 1.08 bits per heavy atom. The molecule has 0 saturated heterocycles. The number of sulfonamides is 1. The van der Waals surface area contributed by atoms with E-state index < -0.39 is 16.1 Å². The summed E-state index contributed by atoms with van der Waals surface area (Å²) in [6, 6.07) is 12.5. The predicted octanol–water partition coefficient (Wildman–Crippen LogP) is 4.98. The van der Waals surface area contributed by atoms with Crippen LogP contribution < -0.4 is 9.62 Å².